The molecule has 0 spiro atoms. The van der Waals surface area contributed by atoms with E-state index < -0.39 is 0 Å². The van der Waals surface area contributed by atoms with Gasteiger partial charge in [0.1, 0.15) is 0 Å². The smallest absolute Gasteiger partial charge is 0.234 e. The molecule has 0 atom stereocenters. The van der Waals surface area contributed by atoms with Crippen LogP contribution in [0.4, 0.5) is 0 Å². The number of aromatic nitrogens is 3. The predicted molar refractivity (Wildman–Crippen MR) is 79.8 cm³/mol. The summed E-state index contributed by atoms with van der Waals surface area (Å²) < 4.78 is 5.56. The van der Waals surface area contributed by atoms with Crippen LogP contribution in [-0.4, -0.2) is 21.7 Å². The highest BCUT2D eigenvalue weighted by Crippen LogP contribution is 2.36. The van der Waals surface area contributed by atoms with Crippen molar-refractivity contribution in [1.82, 2.24) is 15.1 Å². The van der Waals surface area contributed by atoms with E-state index in [0.717, 1.165) is 24.4 Å². The molecule has 0 radical (unpaired) electrons. The molecule has 0 aliphatic heterocycles. The van der Waals surface area contributed by atoms with Crippen molar-refractivity contribution < 1.29 is 4.52 Å². The Labute approximate surface area is 125 Å². The van der Waals surface area contributed by atoms with Crippen LogP contribution in [-0.2, 0) is 11.8 Å². The van der Waals surface area contributed by atoms with Crippen LogP contribution in [0.5, 0.6) is 0 Å². The second kappa shape index (κ2) is 6.35. The summed E-state index contributed by atoms with van der Waals surface area (Å²) in [5.41, 5.74) is 6.89. The first kappa shape index (κ1) is 14.2. The third kappa shape index (κ3) is 3.13. The molecule has 5 nitrogen and oxygen atoms in total. The van der Waals surface area contributed by atoms with Crippen molar-refractivity contribution in [3.05, 3.63) is 41.8 Å². The molecule has 2 N–H and O–H groups in total. The zero-order valence-corrected chi connectivity index (χ0v) is 12.3. The average molecular weight is 286 g/mol. The minimum absolute atomic E-state index is 0.119. The van der Waals surface area contributed by atoms with Gasteiger partial charge in [0.2, 0.25) is 5.89 Å². The maximum Gasteiger partial charge on any atom is 0.234 e. The average Bonchev–Trinajstić information content (AvgIpc) is 2.85. The summed E-state index contributed by atoms with van der Waals surface area (Å²) in [6, 6.07) is 5.84. The number of nitrogens with zero attached hydrogens (tertiary/aromatic N) is 3. The molecule has 1 aliphatic carbocycles. The molecule has 21 heavy (non-hydrogen) atoms. The minimum Gasteiger partial charge on any atom is -0.339 e. The molecule has 1 saturated carbocycles. The van der Waals surface area contributed by atoms with Gasteiger partial charge in [-0.15, -0.1) is 0 Å². The number of nitrogens with two attached hydrogens (primary N) is 1. The molecule has 1 fully saturated rings. The monoisotopic (exact) mass is 286 g/mol. The molecule has 2 heterocycles. The molecule has 3 rings (SSSR count). The maximum absolute atomic E-state index is 6.06. The van der Waals surface area contributed by atoms with E-state index in [4.69, 9.17) is 10.3 Å². The molecule has 2 aromatic heterocycles. The lowest BCUT2D eigenvalue weighted by molar-refractivity contribution is 0.256. The second-order valence-corrected chi connectivity index (χ2v) is 5.91. The van der Waals surface area contributed by atoms with Crippen LogP contribution in [0.15, 0.2) is 28.9 Å². The Morgan fingerprint density at radius 3 is 2.62 bits per heavy atom. The van der Waals surface area contributed by atoms with Crippen molar-refractivity contribution in [2.24, 2.45) is 5.73 Å². The fraction of sp³-hybridized carbons (Fsp3) is 0.562. The van der Waals surface area contributed by atoms with Crippen LogP contribution in [0.2, 0.25) is 0 Å². The summed E-state index contributed by atoms with van der Waals surface area (Å²) in [7, 11) is 0. The van der Waals surface area contributed by atoms with Crippen molar-refractivity contribution >= 4 is 0 Å². The largest absolute Gasteiger partial charge is 0.339 e. The first-order chi connectivity index (χ1) is 10.3. The summed E-state index contributed by atoms with van der Waals surface area (Å²) in [5, 5.41) is 4.13. The molecule has 0 aromatic carbocycles. The molecule has 0 saturated heterocycles. The van der Waals surface area contributed by atoms with Gasteiger partial charge in [0.15, 0.2) is 5.82 Å². The summed E-state index contributed by atoms with van der Waals surface area (Å²) >= 11 is 0. The number of pyridine rings is 1. The fourth-order valence-electron chi connectivity index (χ4n) is 3.12. The Hall–Kier alpha value is -1.75. The Bertz CT molecular complexity index is 559. The SMILES string of the molecule is NCC1(c2nc(Cc3ccccn3)no2)CCCCCC1. The van der Waals surface area contributed by atoms with Crippen molar-refractivity contribution in [2.45, 2.75) is 50.4 Å². The van der Waals surface area contributed by atoms with Crippen LogP contribution in [0.3, 0.4) is 0 Å². The normalized spacial score (nSPS) is 18.3. The van der Waals surface area contributed by atoms with E-state index in [1.807, 2.05) is 18.2 Å². The molecule has 112 valence electrons. The molecule has 5 heteroatoms. The first-order valence-corrected chi connectivity index (χ1v) is 7.75. The zero-order chi connectivity index (χ0) is 14.5. The van der Waals surface area contributed by atoms with E-state index in [9.17, 15) is 0 Å². The van der Waals surface area contributed by atoms with Gasteiger partial charge in [-0.3, -0.25) is 4.98 Å². The minimum atomic E-state index is -0.119. The highest BCUT2D eigenvalue weighted by Gasteiger charge is 2.37. The summed E-state index contributed by atoms with van der Waals surface area (Å²) in [6.45, 7) is 0.582. The van der Waals surface area contributed by atoms with Crippen LogP contribution >= 0.6 is 0 Å². The van der Waals surface area contributed by atoms with E-state index in [2.05, 4.69) is 15.1 Å². The summed E-state index contributed by atoms with van der Waals surface area (Å²) in [5.74, 6) is 1.42. The number of hydrogen-bond acceptors (Lipinski definition) is 5. The third-order valence-electron chi connectivity index (χ3n) is 4.44. The quantitative estimate of drug-likeness (QED) is 0.874. The Morgan fingerprint density at radius 2 is 1.95 bits per heavy atom. The predicted octanol–water partition coefficient (Wildman–Crippen LogP) is 2.61. The summed E-state index contributed by atoms with van der Waals surface area (Å²) in [6.07, 6.45) is 9.41. The number of rotatable bonds is 4. The van der Waals surface area contributed by atoms with Crippen LogP contribution < -0.4 is 5.73 Å². The summed E-state index contributed by atoms with van der Waals surface area (Å²) in [4.78, 5) is 8.92. The lowest BCUT2D eigenvalue weighted by atomic mass is 9.80. The highest BCUT2D eigenvalue weighted by atomic mass is 16.5. The van der Waals surface area contributed by atoms with Crippen LogP contribution in [0.1, 0.15) is 55.9 Å². The Kier molecular flexibility index (Phi) is 4.29. The lowest BCUT2D eigenvalue weighted by Crippen LogP contribution is -2.35. The van der Waals surface area contributed by atoms with Gasteiger partial charge < -0.3 is 10.3 Å². The van der Waals surface area contributed by atoms with E-state index in [0.29, 0.717) is 18.8 Å². The molecule has 2 aromatic rings. The number of hydrogen-bond donors (Lipinski definition) is 1. The van der Waals surface area contributed by atoms with Crippen molar-refractivity contribution in [3.63, 3.8) is 0 Å². The first-order valence-electron chi connectivity index (χ1n) is 7.75. The van der Waals surface area contributed by atoms with Gasteiger partial charge in [0.05, 0.1) is 11.8 Å². The van der Waals surface area contributed by atoms with Gasteiger partial charge in [0, 0.05) is 18.4 Å². The van der Waals surface area contributed by atoms with Gasteiger partial charge >= 0.3 is 0 Å². The molecule has 0 amide bonds. The highest BCUT2D eigenvalue weighted by molar-refractivity contribution is 5.12. The maximum atomic E-state index is 6.06. The fourth-order valence-corrected chi connectivity index (χ4v) is 3.12. The Morgan fingerprint density at radius 1 is 1.14 bits per heavy atom. The van der Waals surface area contributed by atoms with Crippen molar-refractivity contribution in [2.75, 3.05) is 6.54 Å². The Balaban J connectivity index is 1.79. The third-order valence-corrected chi connectivity index (χ3v) is 4.44. The lowest BCUT2D eigenvalue weighted by Gasteiger charge is -2.26. The van der Waals surface area contributed by atoms with E-state index in [1.54, 1.807) is 6.20 Å². The van der Waals surface area contributed by atoms with Gasteiger partial charge in [-0.05, 0) is 25.0 Å². The molecule has 0 unspecified atom stereocenters. The molecular formula is C16H22N4O. The van der Waals surface area contributed by atoms with E-state index in [-0.39, 0.29) is 5.41 Å². The van der Waals surface area contributed by atoms with Gasteiger partial charge in [-0.1, -0.05) is 36.9 Å². The molecule has 1 aliphatic rings. The van der Waals surface area contributed by atoms with Crippen molar-refractivity contribution in [1.29, 1.82) is 0 Å². The van der Waals surface area contributed by atoms with Crippen molar-refractivity contribution in [3.8, 4) is 0 Å². The van der Waals surface area contributed by atoms with Gasteiger partial charge in [-0.2, -0.15) is 4.98 Å². The topological polar surface area (TPSA) is 77.8 Å². The van der Waals surface area contributed by atoms with Crippen LogP contribution in [0.25, 0.3) is 0 Å². The standard InChI is InChI=1S/C16H22N4O/c17-12-16(8-4-1-2-5-9-16)15-19-14(20-21-15)11-13-7-3-6-10-18-13/h3,6-7,10H,1-2,4-5,8-9,11-12,17H2. The molecular weight excluding hydrogens is 264 g/mol. The zero-order valence-electron chi connectivity index (χ0n) is 12.3. The second-order valence-electron chi connectivity index (χ2n) is 5.91. The van der Waals surface area contributed by atoms with Gasteiger partial charge in [-0.25, -0.2) is 0 Å². The molecule has 0 bridgehead atoms. The van der Waals surface area contributed by atoms with Gasteiger partial charge in [0.25, 0.3) is 0 Å². The van der Waals surface area contributed by atoms with Crippen LogP contribution in [0, 0.1) is 0 Å². The van der Waals surface area contributed by atoms with E-state index in [1.165, 1.54) is 25.7 Å². The van der Waals surface area contributed by atoms with E-state index >= 15 is 0 Å².